The quantitative estimate of drug-likeness (QED) is 0.795. The van der Waals surface area contributed by atoms with Crippen LogP contribution in [0.2, 0.25) is 5.02 Å². The van der Waals surface area contributed by atoms with Crippen LogP contribution in [0.4, 0.5) is 0 Å². The lowest BCUT2D eigenvalue weighted by Gasteiger charge is -2.35. The normalized spacial score (nSPS) is 30.2. The molecule has 3 unspecified atom stereocenters. The monoisotopic (exact) mass is 329 g/mol. The summed E-state index contributed by atoms with van der Waals surface area (Å²) >= 11 is 9.78. The van der Waals surface area contributed by atoms with Crippen molar-refractivity contribution in [2.45, 2.75) is 39.2 Å². The summed E-state index contributed by atoms with van der Waals surface area (Å²) in [5, 5.41) is 0.788. The molecule has 0 spiro atoms. The molecule has 0 radical (unpaired) electrons. The molecule has 0 amide bonds. The van der Waals surface area contributed by atoms with Crippen molar-refractivity contribution in [1.82, 2.24) is 0 Å². The van der Waals surface area contributed by atoms with E-state index in [0.29, 0.717) is 5.92 Å². The lowest BCUT2D eigenvalue weighted by molar-refractivity contribution is 0.193. The summed E-state index contributed by atoms with van der Waals surface area (Å²) in [5.41, 5.74) is 7.54. The van der Waals surface area contributed by atoms with E-state index in [2.05, 4.69) is 35.8 Å². The van der Waals surface area contributed by atoms with Crippen LogP contribution in [0.15, 0.2) is 22.7 Å². The Bertz CT molecular complexity index is 411. The van der Waals surface area contributed by atoms with Gasteiger partial charge in [0.2, 0.25) is 0 Å². The van der Waals surface area contributed by atoms with Gasteiger partial charge in [0.05, 0.1) is 0 Å². The maximum absolute atomic E-state index is 6.46. The van der Waals surface area contributed by atoms with Gasteiger partial charge in [0, 0.05) is 15.5 Å². The van der Waals surface area contributed by atoms with E-state index in [-0.39, 0.29) is 6.04 Å². The molecule has 3 atom stereocenters. The maximum Gasteiger partial charge on any atom is 0.0454 e. The van der Waals surface area contributed by atoms with E-state index < -0.39 is 0 Å². The van der Waals surface area contributed by atoms with Gasteiger partial charge in [-0.3, -0.25) is 0 Å². The van der Waals surface area contributed by atoms with Crippen molar-refractivity contribution in [3.05, 3.63) is 33.3 Å². The average Bonchev–Trinajstić information content (AvgIpc) is 2.30. The number of hydrogen-bond donors (Lipinski definition) is 1. The van der Waals surface area contributed by atoms with Crippen molar-refractivity contribution in [2.75, 3.05) is 0 Å². The minimum absolute atomic E-state index is 0.0557. The number of rotatable bonds is 2. The largest absolute Gasteiger partial charge is 0.324 e. The Labute approximate surface area is 123 Å². The highest BCUT2D eigenvalue weighted by molar-refractivity contribution is 9.10. The standard InChI is InChI=1S/C15H21BrClN/c1-9-5-10(2)7-11(6-9)15(18)13-8-12(16)3-4-14(13)17/h3-4,8-11,15H,5-7,18H2,1-2H3. The smallest absolute Gasteiger partial charge is 0.0454 e. The summed E-state index contributed by atoms with van der Waals surface area (Å²) < 4.78 is 1.05. The van der Waals surface area contributed by atoms with E-state index in [1.54, 1.807) is 0 Å². The molecule has 1 nitrogen and oxygen atoms in total. The van der Waals surface area contributed by atoms with Crippen molar-refractivity contribution < 1.29 is 0 Å². The first-order chi connectivity index (χ1) is 8.47. The second-order valence-corrected chi connectivity index (χ2v) is 7.19. The number of hydrogen-bond acceptors (Lipinski definition) is 1. The molecule has 0 aromatic heterocycles. The van der Waals surface area contributed by atoms with Crippen molar-refractivity contribution >= 4 is 27.5 Å². The second kappa shape index (κ2) is 5.94. The van der Waals surface area contributed by atoms with Crippen molar-refractivity contribution in [3.63, 3.8) is 0 Å². The van der Waals surface area contributed by atoms with Crippen LogP contribution in [0.1, 0.15) is 44.7 Å². The molecule has 1 aromatic rings. The highest BCUT2D eigenvalue weighted by Gasteiger charge is 2.29. The Balaban J connectivity index is 2.19. The topological polar surface area (TPSA) is 26.0 Å². The molecule has 0 saturated heterocycles. The highest BCUT2D eigenvalue weighted by Crippen LogP contribution is 2.40. The summed E-state index contributed by atoms with van der Waals surface area (Å²) in [6, 6.07) is 6.01. The van der Waals surface area contributed by atoms with Crippen LogP contribution < -0.4 is 5.73 Å². The van der Waals surface area contributed by atoms with E-state index in [9.17, 15) is 0 Å². The molecule has 2 N–H and O–H groups in total. The van der Waals surface area contributed by atoms with Crippen LogP contribution in [0.3, 0.4) is 0 Å². The minimum Gasteiger partial charge on any atom is -0.324 e. The van der Waals surface area contributed by atoms with Crippen LogP contribution in [-0.2, 0) is 0 Å². The Morgan fingerprint density at radius 2 is 1.83 bits per heavy atom. The van der Waals surface area contributed by atoms with Crippen molar-refractivity contribution in [3.8, 4) is 0 Å². The van der Waals surface area contributed by atoms with Gasteiger partial charge >= 0.3 is 0 Å². The van der Waals surface area contributed by atoms with E-state index in [4.69, 9.17) is 17.3 Å². The van der Waals surface area contributed by atoms with E-state index in [1.165, 1.54) is 19.3 Å². The van der Waals surface area contributed by atoms with Gasteiger partial charge in [-0.15, -0.1) is 0 Å². The van der Waals surface area contributed by atoms with Crippen LogP contribution in [0.5, 0.6) is 0 Å². The van der Waals surface area contributed by atoms with Crippen LogP contribution in [0, 0.1) is 17.8 Å². The lowest BCUT2D eigenvalue weighted by Crippen LogP contribution is -2.29. The molecule has 100 valence electrons. The summed E-state index contributed by atoms with van der Waals surface area (Å²) in [5.74, 6) is 2.10. The molecular formula is C15H21BrClN. The van der Waals surface area contributed by atoms with Crippen LogP contribution in [-0.4, -0.2) is 0 Å². The fraction of sp³-hybridized carbons (Fsp3) is 0.600. The van der Waals surface area contributed by atoms with Gasteiger partial charge in [-0.05, 0) is 60.8 Å². The first kappa shape index (κ1) is 14.4. The molecule has 0 aliphatic heterocycles. The molecule has 1 aliphatic rings. The molecule has 1 aliphatic carbocycles. The molecule has 3 heteroatoms. The van der Waals surface area contributed by atoms with Gasteiger partial charge in [0.25, 0.3) is 0 Å². The van der Waals surface area contributed by atoms with Gasteiger partial charge < -0.3 is 5.73 Å². The predicted octanol–water partition coefficient (Wildman–Crippen LogP) is 5.17. The number of nitrogens with two attached hydrogens (primary N) is 1. The Hall–Kier alpha value is -0.0500. The average molecular weight is 331 g/mol. The molecule has 2 rings (SSSR count). The van der Waals surface area contributed by atoms with E-state index >= 15 is 0 Å². The fourth-order valence-corrected chi connectivity index (χ4v) is 3.95. The van der Waals surface area contributed by atoms with Crippen LogP contribution in [0.25, 0.3) is 0 Å². The zero-order chi connectivity index (χ0) is 13.3. The SMILES string of the molecule is CC1CC(C)CC(C(N)c2cc(Br)ccc2Cl)C1. The number of halogens is 2. The molecular weight excluding hydrogens is 310 g/mol. The molecule has 0 heterocycles. The summed E-state index contributed by atoms with van der Waals surface area (Å²) in [7, 11) is 0. The molecule has 0 bridgehead atoms. The van der Waals surface area contributed by atoms with Gasteiger partial charge in [0.1, 0.15) is 0 Å². The predicted molar refractivity (Wildman–Crippen MR) is 81.7 cm³/mol. The second-order valence-electron chi connectivity index (χ2n) is 5.87. The Morgan fingerprint density at radius 3 is 2.44 bits per heavy atom. The third-order valence-corrected chi connectivity index (χ3v) is 4.88. The first-order valence-corrected chi connectivity index (χ1v) is 7.85. The summed E-state index contributed by atoms with van der Waals surface area (Å²) in [4.78, 5) is 0. The van der Waals surface area contributed by atoms with Crippen molar-refractivity contribution in [2.24, 2.45) is 23.5 Å². The van der Waals surface area contributed by atoms with E-state index in [0.717, 1.165) is 26.9 Å². The summed E-state index contributed by atoms with van der Waals surface area (Å²) in [6.07, 6.45) is 3.76. The Kier molecular flexibility index (Phi) is 4.74. The highest BCUT2D eigenvalue weighted by atomic mass is 79.9. The third kappa shape index (κ3) is 3.28. The first-order valence-electron chi connectivity index (χ1n) is 6.68. The van der Waals surface area contributed by atoms with Gasteiger partial charge in [-0.2, -0.15) is 0 Å². The van der Waals surface area contributed by atoms with Crippen LogP contribution >= 0.6 is 27.5 Å². The van der Waals surface area contributed by atoms with Gasteiger partial charge in [0.15, 0.2) is 0 Å². The zero-order valence-electron chi connectivity index (χ0n) is 11.0. The summed E-state index contributed by atoms with van der Waals surface area (Å²) in [6.45, 7) is 4.66. The molecule has 18 heavy (non-hydrogen) atoms. The van der Waals surface area contributed by atoms with Crippen molar-refractivity contribution in [1.29, 1.82) is 0 Å². The lowest BCUT2D eigenvalue weighted by atomic mass is 9.72. The molecule has 1 fully saturated rings. The van der Waals surface area contributed by atoms with Gasteiger partial charge in [-0.1, -0.05) is 41.4 Å². The zero-order valence-corrected chi connectivity index (χ0v) is 13.3. The molecule has 1 aromatic carbocycles. The number of benzene rings is 1. The fourth-order valence-electron chi connectivity index (χ4n) is 3.33. The van der Waals surface area contributed by atoms with E-state index in [1.807, 2.05) is 12.1 Å². The third-order valence-electron chi connectivity index (χ3n) is 4.04. The Morgan fingerprint density at radius 1 is 1.22 bits per heavy atom. The van der Waals surface area contributed by atoms with Gasteiger partial charge in [-0.25, -0.2) is 0 Å². The minimum atomic E-state index is 0.0557. The molecule has 1 saturated carbocycles. The maximum atomic E-state index is 6.46.